The molecule has 0 fully saturated rings. The Hall–Kier alpha value is -1.86. The standard InChI is InChI=1S/C16H15BrN2O3S/c1-11-3-6-13(7-4-11)23(20,21)19-16-8-5-12(22-2)9-14(16)15(10-17)18-19/h3-9H,10H2,1-2H3. The van der Waals surface area contributed by atoms with Crippen LogP contribution in [0.25, 0.3) is 10.9 Å². The minimum Gasteiger partial charge on any atom is -0.497 e. The van der Waals surface area contributed by atoms with Crippen molar-refractivity contribution in [1.82, 2.24) is 9.19 Å². The molecule has 3 rings (SSSR count). The Morgan fingerprint density at radius 3 is 2.48 bits per heavy atom. The van der Waals surface area contributed by atoms with Gasteiger partial charge in [0.2, 0.25) is 0 Å². The molecular weight excluding hydrogens is 380 g/mol. The minimum absolute atomic E-state index is 0.212. The SMILES string of the molecule is COc1ccc2c(c1)c(CBr)nn2S(=O)(=O)c1ccc(C)cc1. The maximum Gasteiger partial charge on any atom is 0.283 e. The molecule has 5 nitrogen and oxygen atoms in total. The predicted molar refractivity (Wildman–Crippen MR) is 92.7 cm³/mol. The number of hydrogen-bond acceptors (Lipinski definition) is 4. The van der Waals surface area contributed by atoms with Gasteiger partial charge in [-0.2, -0.15) is 17.6 Å². The van der Waals surface area contributed by atoms with Crippen LogP contribution >= 0.6 is 15.9 Å². The summed E-state index contributed by atoms with van der Waals surface area (Å²) in [7, 11) is -2.18. The fourth-order valence-electron chi connectivity index (χ4n) is 2.35. The number of methoxy groups -OCH3 is 1. The second-order valence-corrected chi connectivity index (χ2v) is 7.45. The first-order valence-corrected chi connectivity index (χ1v) is 9.47. The van der Waals surface area contributed by atoms with Crippen molar-refractivity contribution in [3.63, 3.8) is 0 Å². The zero-order valence-corrected chi connectivity index (χ0v) is 15.1. The lowest BCUT2D eigenvalue weighted by Crippen LogP contribution is -2.14. The summed E-state index contributed by atoms with van der Waals surface area (Å²) in [5.74, 6) is 0.659. The number of aromatic nitrogens is 2. The first-order chi connectivity index (χ1) is 11.0. The molecule has 120 valence electrons. The molecule has 0 aliphatic carbocycles. The highest BCUT2D eigenvalue weighted by Crippen LogP contribution is 2.28. The molecule has 1 aromatic heterocycles. The molecule has 0 radical (unpaired) electrons. The summed E-state index contributed by atoms with van der Waals surface area (Å²) in [5.41, 5.74) is 2.18. The van der Waals surface area contributed by atoms with Crippen molar-refractivity contribution in [1.29, 1.82) is 0 Å². The van der Waals surface area contributed by atoms with Gasteiger partial charge in [0.15, 0.2) is 0 Å². The fourth-order valence-corrected chi connectivity index (χ4v) is 4.07. The van der Waals surface area contributed by atoms with Crippen LogP contribution < -0.4 is 4.74 Å². The number of aryl methyl sites for hydroxylation is 1. The van der Waals surface area contributed by atoms with Gasteiger partial charge in [-0.15, -0.1) is 0 Å². The van der Waals surface area contributed by atoms with Crippen molar-refractivity contribution in [2.75, 3.05) is 7.11 Å². The maximum absolute atomic E-state index is 12.9. The van der Waals surface area contributed by atoms with Gasteiger partial charge in [0.25, 0.3) is 10.0 Å². The lowest BCUT2D eigenvalue weighted by atomic mass is 10.2. The minimum atomic E-state index is -3.75. The molecule has 0 amide bonds. The Bertz CT molecular complexity index is 963. The van der Waals surface area contributed by atoms with Gasteiger partial charge in [0.1, 0.15) is 5.75 Å². The summed E-state index contributed by atoms with van der Waals surface area (Å²) >= 11 is 3.36. The van der Waals surface area contributed by atoms with Crippen LogP contribution in [0.2, 0.25) is 0 Å². The number of rotatable bonds is 4. The molecule has 0 spiro atoms. The predicted octanol–water partition coefficient (Wildman–Crippen LogP) is 3.49. The Kier molecular flexibility index (Phi) is 4.16. The second-order valence-electron chi connectivity index (χ2n) is 5.12. The van der Waals surface area contributed by atoms with E-state index >= 15 is 0 Å². The number of ether oxygens (including phenoxy) is 1. The average molecular weight is 395 g/mol. The molecule has 0 N–H and O–H groups in total. The van der Waals surface area contributed by atoms with E-state index in [-0.39, 0.29) is 4.90 Å². The Morgan fingerprint density at radius 1 is 1.17 bits per heavy atom. The first kappa shape index (κ1) is 16.0. The Morgan fingerprint density at radius 2 is 1.87 bits per heavy atom. The third-order valence-electron chi connectivity index (χ3n) is 3.61. The summed E-state index contributed by atoms with van der Waals surface area (Å²) in [5, 5.41) is 5.48. The van der Waals surface area contributed by atoms with Gasteiger partial charge in [-0.3, -0.25) is 0 Å². The molecule has 1 heterocycles. The molecule has 0 unspecified atom stereocenters. The summed E-state index contributed by atoms with van der Waals surface area (Å²) in [4.78, 5) is 0.212. The van der Waals surface area contributed by atoms with Crippen LogP contribution in [0.15, 0.2) is 47.4 Å². The molecule has 3 aromatic rings. The molecule has 23 heavy (non-hydrogen) atoms. The van der Waals surface area contributed by atoms with Crippen LogP contribution in [0.4, 0.5) is 0 Å². The van der Waals surface area contributed by atoms with Crippen LogP contribution in [-0.4, -0.2) is 24.7 Å². The quantitative estimate of drug-likeness (QED) is 0.635. The summed E-state index contributed by atoms with van der Waals surface area (Å²) in [6, 6.07) is 12.0. The molecular formula is C16H15BrN2O3S. The third kappa shape index (κ3) is 2.74. The van der Waals surface area contributed by atoms with Crippen LogP contribution in [0.3, 0.4) is 0 Å². The average Bonchev–Trinajstić information content (AvgIpc) is 2.93. The van der Waals surface area contributed by atoms with E-state index in [9.17, 15) is 8.42 Å². The number of nitrogens with zero attached hydrogens (tertiary/aromatic N) is 2. The monoisotopic (exact) mass is 394 g/mol. The number of fused-ring (bicyclic) bond motifs is 1. The smallest absolute Gasteiger partial charge is 0.283 e. The fraction of sp³-hybridized carbons (Fsp3) is 0.188. The molecule has 0 saturated heterocycles. The summed E-state index contributed by atoms with van der Waals surface area (Å²) in [6.45, 7) is 1.91. The van der Waals surface area contributed by atoms with Gasteiger partial charge in [0.05, 0.1) is 23.2 Å². The Labute approximate surface area is 143 Å². The van der Waals surface area contributed by atoms with Gasteiger partial charge in [0, 0.05) is 10.7 Å². The zero-order chi connectivity index (χ0) is 16.6. The molecule has 2 aromatic carbocycles. The topological polar surface area (TPSA) is 61.2 Å². The van der Waals surface area contributed by atoms with Crippen molar-refractivity contribution in [3.8, 4) is 5.75 Å². The van der Waals surface area contributed by atoms with Crippen molar-refractivity contribution < 1.29 is 13.2 Å². The van der Waals surface area contributed by atoms with E-state index in [1.807, 2.05) is 6.92 Å². The van der Waals surface area contributed by atoms with E-state index in [1.54, 1.807) is 49.6 Å². The Balaban J connectivity index is 2.25. The van der Waals surface area contributed by atoms with Gasteiger partial charge in [-0.1, -0.05) is 33.6 Å². The van der Waals surface area contributed by atoms with Crippen molar-refractivity contribution in [2.24, 2.45) is 0 Å². The van der Waals surface area contributed by atoms with Crippen LogP contribution in [0, 0.1) is 6.92 Å². The molecule has 7 heteroatoms. The number of halogens is 1. The van der Waals surface area contributed by atoms with Crippen LogP contribution in [0.5, 0.6) is 5.75 Å². The zero-order valence-electron chi connectivity index (χ0n) is 12.7. The summed E-state index contributed by atoms with van der Waals surface area (Å²) < 4.78 is 32.1. The van der Waals surface area contributed by atoms with E-state index < -0.39 is 10.0 Å². The molecule has 0 atom stereocenters. The van der Waals surface area contributed by atoms with Crippen molar-refractivity contribution in [3.05, 3.63) is 53.7 Å². The third-order valence-corrected chi connectivity index (χ3v) is 5.74. The number of hydrogen-bond donors (Lipinski definition) is 0. The molecule has 0 aliphatic rings. The summed E-state index contributed by atoms with van der Waals surface area (Å²) in [6.07, 6.45) is 0. The van der Waals surface area contributed by atoms with E-state index in [0.29, 0.717) is 22.3 Å². The molecule has 0 bridgehead atoms. The second kappa shape index (κ2) is 5.98. The van der Waals surface area contributed by atoms with Crippen molar-refractivity contribution >= 4 is 36.9 Å². The number of benzene rings is 2. The van der Waals surface area contributed by atoms with Gasteiger partial charge in [-0.25, -0.2) is 0 Å². The van der Waals surface area contributed by atoms with E-state index in [2.05, 4.69) is 21.0 Å². The molecule has 0 saturated carbocycles. The van der Waals surface area contributed by atoms with Gasteiger partial charge >= 0.3 is 0 Å². The normalized spacial score (nSPS) is 11.8. The lowest BCUT2D eigenvalue weighted by Gasteiger charge is -2.06. The van der Waals surface area contributed by atoms with Crippen molar-refractivity contribution in [2.45, 2.75) is 17.1 Å². The van der Waals surface area contributed by atoms with E-state index in [0.717, 1.165) is 15.0 Å². The van der Waals surface area contributed by atoms with Gasteiger partial charge in [-0.05, 0) is 37.3 Å². The highest BCUT2D eigenvalue weighted by atomic mass is 79.9. The lowest BCUT2D eigenvalue weighted by molar-refractivity contribution is 0.415. The van der Waals surface area contributed by atoms with E-state index in [1.165, 1.54) is 0 Å². The molecule has 0 aliphatic heterocycles. The van der Waals surface area contributed by atoms with Crippen LogP contribution in [-0.2, 0) is 15.4 Å². The highest BCUT2D eigenvalue weighted by molar-refractivity contribution is 9.08. The van der Waals surface area contributed by atoms with E-state index in [4.69, 9.17) is 4.74 Å². The maximum atomic E-state index is 12.9. The number of alkyl halides is 1. The largest absolute Gasteiger partial charge is 0.497 e. The van der Waals surface area contributed by atoms with Crippen LogP contribution in [0.1, 0.15) is 11.3 Å². The first-order valence-electron chi connectivity index (χ1n) is 6.91. The van der Waals surface area contributed by atoms with Gasteiger partial charge < -0.3 is 4.74 Å². The highest BCUT2D eigenvalue weighted by Gasteiger charge is 2.22.